The zero-order valence-corrected chi connectivity index (χ0v) is 11.7. The molecule has 0 aromatic carbocycles. The molecule has 0 amide bonds. The van der Waals surface area contributed by atoms with Crippen molar-refractivity contribution < 1.29 is 0 Å². The Balaban J connectivity index is 1.96. The molecule has 0 saturated carbocycles. The van der Waals surface area contributed by atoms with Crippen molar-refractivity contribution in [3.05, 3.63) is 22.7 Å². The molecule has 0 spiro atoms. The third kappa shape index (κ3) is 3.51. The van der Waals surface area contributed by atoms with E-state index < -0.39 is 0 Å². The molecule has 0 atom stereocenters. The fourth-order valence-electron chi connectivity index (χ4n) is 2.18. The summed E-state index contributed by atoms with van der Waals surface area (Å²) in [5.74, 6) is 3.68. The van der Waals surface area contributed by atoms with Crippen LogP contribution >= 0.6 is 11.8 Å². The molecule has 1 aliphatic heterocycles. The Hall–Kier alpha value is -0.970. The summed E-state index contributed by atoms with van der Waals surface area (Å²) < 4.78 is 1.73. The predicted octanol–water partition coefficient (Wildman–Crippen LogP) is 2.21. The van der Waals surface area contributed by atoms with Gasteiger partial charge in [0.2, 0.25) is 0 Å². The van der Waals surface area contributed by atoms with Gasteiger partial charge in [0.15, 0.2) is 5.82 Å². The summed E-state index contributed by atoms with van der Waals surface area (Å²) in [6.07, 6.45) is 6.91. The first-order valence-electron chi connectivity index (χ1n) is 6.68. The van der Waals surface area contributed by atoms with E-state index in [0.717, 1.165) is 19.5 Å². The molecule has 1 aromatic heterocycles. The fourth-order valence-corrected chi connectivity index (χ4v) is 3.38. The number of hydrogen-bond donors (Lipinski definition) is 1. The lowest BCUT2D eigenvalue weighted by molar-refractivity contribution is 0.514. The van der Waals surface area contributed by atoms with Crippen LogP contribution in [0, 0.1) is 5.92 Å². The van der Waals surface area contributed by atoms with Crippen molar-refractivity contribution in [2.75, 3.05) is 23.4 Å². The lowest BCUT2D eigenvalue weighted by Crippen LogP contribution is -2.27. The van der Waals surface area contributed by atoms with Gasteiger partial charge in [-0.25, -0.2) is 4.98 Å². The van der Waals surface area contributed by atoms with Gasteiger partial charge in [-0.05, 0) is 36.7 Å². The van der Waals surface area contributed by atoms with Gasteiger partial charge in [-0.15, -0.1) is 0 Å². The highest BCUT2D eigenvalue weighted by atomic mass is 32.2. The van der Waals surface area contributed by atoms with E-state index in [4.69, 9.17) is 0 Å². The van der Waals surface area contributed by atoms with Gasteiger partial charge in [0.25, 0.3) is 5.56 Å². The third-order valence-electron chi connectivity index (χ3n) is 3.28. The minimum atomic E-state index is 0.00420. The normalized spacial score (nSPS) is 16.7. The van der Waals surface area contributed by atoms with Gasteiger partial charge in [-0.1, -0.05) is 6.92 Å². The molecule has 2 rings (SSSR count). The summed E-state index contributed by atoms with van der Waals surface area (Å²) in [6, 6.07) is 0. The van der Waals surface area contributed by atoms with Crippen molar-refractivity contribution in [2.24, 2.45) is 5.92 Å². The van der Waals surface area contributed by atoms with E-state index in [1.54, 1.807) is 17.0 Å². The van der Waals surface area contributed by atoms with E-state index in [0.29, 0.717) is 11.7 Å². The molecule has 1 aliphatic rings. The number of rotatable bonds is 5. The topological polar surface area (TPSA) is 46.9 Å². The summed E-state index contributed by atoms with van der Waals surface area (Å²) in [6.45, 7) is 3.70. The molecule has 1 fully saturated rings. The summed E-state index contributed by atoms with van der Waals surface area (Å²) in [5, 5.41) is 3.23. The lowest BCUT2D eigenvalue weighted by atomic mass is 10.0. The van der Waals surface area contributed by atoms with Gasteiger partial charge >= 0.3 is 0 Å². The highest BCUT2D eigenvalue weighted by Crippen LogP contribution is 2.22. The molecule has 2 heterocycles. The molecule has 18 heavy (non-hydrogen) atoms. The van der Waals surface area contributed by atoms with E-state index >= 15 is 0 Å². The van der Waals surface area contributed by atoms with E-state index in [9.17, 15) is 4.79 Å². The number of anilines is 1. The molecular weight excluding hydrogens is 246 g/mol. The van der Waals surface area contributed by atoms with Gasteiger partial charge in [0.05, 0.1) is 0 Å². The van der Waals surface area contributed by atoms with Crippen LogP contribution in [0.4, 0.5) is 5.82 Å². The van der Waals surface area contributed by atoms with Gasteiger partial charge < -0.3 is 9.88 Å². The zero-order chi connectivity index (χ0) is 12.8. The average molecular weight is 267 g/mol. The maximum Gasteiger partial charge on any atom is 0.293 e. The van der Waals surface area contributed by atoms with Crippen molar-refractivity contribution in [2.45, 2.75) is 32.7 Å². The van der Waals surface area contributed by atoms with Crippen LogP contribution in [0.15, 0.2) is 17.2 Å². The van der Waals surface area contributed by atoms with Crippen LogP contribution in [0.1, 0.15) is 26.2 Å². The molecule has 0 bridgehead atoms. The third-order valence-corrected chi connectivity index (χ3v) is 4.33. The van der Waals surface area contributed by atoms with E-state index in [2.05, 4.69) is 17.2 Å². The van der Waals surface area contributed by atoms with Crippen LogP contribution < -0.4 is 10.9 Å². The van der Waals surface area contributed by atoms with Crippen molar-refractivity contribution in [3.8, 4) is 0 Å². The number of nitrogens with one attached hydrogen (secondary N) is 1. The second kappa shape index (κ2) is 6.83. The van der Waals surface area contributed by atoms with Crippen LogP contribution in [-0.2, 0) is 6.54 Å². The largest absolute Gasteiger partial charge is 0.365 e. The van der Waals surface area contributed by atoms with E-state index in [1.807, 2.05) is 11.8 Å². The molecule has 100 valence electrons. The minimum absolute atomic E-state index is 0.00420. The maximum absolute atomic E-state index is 12.1. The summed E-state index contributed by atoms with van der Waals surface area (Å²) in [5.41, 5.74) is 0.00420. The van der Waals surface area contributed by atoms with Gasteiger partial charge in [0.1, 0.15) is 0 Å². The maximum atomic E-state index is 12.1. The predicted molar refractivity (Wildman–Crippen MR) is 77.3 cm³/mol. The van der Waals surface area contributed by atoms with Crippen LogP contribution in [0.2, 0.25) is 0 Å². The molecule has 0 aliphatic carbocycles. The first kappa shape index (κ1) is 13.5. The standard InChI is InChI=1S/C13H21N3OS/c1-2-6-16-7-5-14-12(13(16)17)15-10-11-3-8-18-9-4-11/h5,7,11H,2-4,6,8-10H2,1H3,(H,14,15). The van der Waals surface area contributed by atoms with Crippen LogP contribution in [0.3, 0.4) is 0 Å². The van der Waals surface area contributed by atoms with Crippen LogP contribution in [0.5, 0.6) is 0 Å². The minimum Gasteiger partial charge on any atom is -0.365 e. The first-order valence-corrected chi connectivity index (χ1v) is 7.83. The Labute approximate surface area is 112 Å². The molecule has 0 radical (unpaired) electrons. The quantitative estimate of drug-likeness (QED) is 0.888. The van der Waals surface area contributed by atoms with E-state index in [1.165, 1.54) is 24.3 Å². The second-order valence-electron chi connectivity index (χ2n) is 4.71. The number of aryl methyl sites for hydroxylation is 1. The Bertz CT molecular complexity index is 426. The van der Waals surface area contributed by atoms with Crippen molar-refractivity contribution in [3.63, 3.8) is 0 Å². The van der Waals surface area contributed by atoms with Crippen LogP contribution in [-0.4, -0.2) is 27.6 Å². The first-order chi connectivity index (χ1) is 8.81. The number of nitrogens with zero attached hydrogens (tertiary/aromatic N) is 2. The van der Waals surface area contributed by atoms with Gasteiger partial charge in [-0.3, -0.25) is 4.79 Å². The molecule has 1 aromatic rings. The fraction of sp³-hybridized carbons (Fsp3) is 0.692. The summed E-state index contributed by atoms with van der Waals surface area (Å²) in [4.78, 5) is 16.2. The molecule has 4 nitrogen and oxygen atoms in total. The second-order valence-corrected chi connectivity index (χ2v) is 5.94. The molecule has 1 N–H and O–H groups in total. The monoisotopic (exact) mass is 267 g/mol. The Kier molecular flexibility index (Phi) is 5.11. The number of thioether (sulfide) groups is 1. The van der Waals surface area contributed by atoms with Crippen molar-refractivity contribution in [1.29, 1.82) is 0 Å². The lowest BCUT2D eigenvalue weighted by Gasteiger charge is -2.21. The highest BCUT2D eigenvalue weighted by molar-refractivity contribution is 7.99. The SMILES string of the molecule is CCCn1ccnc(NCC2CCSCC2)c1=O. The number of aromatic nitrogens is 2. The zero-order valence-electron chi connectivity index (χ0n) is 10.9. The van der Waals surface area contributed by atoms with E-state index in [-0.39, 0.29) is 5.56 Å². The Morgan fingerprint density at radius 2 is 2.28 bits per heavy atom. The van der Waals surface area contributed by atoms with Gasteiger partial charge in [0, 0.05) is 25.5 Å². The van der Waals surface area contributed by atoms with Gasteiger partial charge in [-0.2, -0.15) is 11.8 Å². The summed E-state index contributed by atoms with van der Waals surface area (Å²) in [7, 11) is 0. The van der Waals surface area contributed by atoms with Crippen molar-refractivity contribution in [1.82, 2.24) is 9.55 Å². The number of hydrogen-bond acceptors (Lipinski definition) is 4. The average Bonchev–Trinajstić information content (AvgIpc) is 2.41. The highest BCUT2D eigenvalue weighted by Gasteiger charge is 2.14. The van der Waals surface area contributed by atoms with Crippen molar-refractivity contribution >= 4 is 17.6 Å². The molecular formula is C13H21N3OS. The molecule has 1 saturated heterocycles. The molecule has 5 heteroatoms. The Morgan fingerprint density at radius 1 is 1.50 bits per heavy atom. The smallest absolute Gasteiger partial charge is 0.293 e. The van der Waals surface area contributed by atoms with Crippen LogP contribution in [0.25, 0.3) is 0 Å². The summed E-state index contributed by atoms with van der Waals surface area (Å²) >= 11 is 2.02. The Morgan fingerprint density at radius 3 is 3.00 bits per heavy atom. The molecule has 0 unspecified atom stereocenters.